The van der Waals surface area contributed by atoms with Crippen molar-refractivity contribution in [3.05, 3.63) is 24.4 Å². The summed E-state index contributed by atoms with van der Waals surface area (Å²) in [5.41, 5.74) is 0.736. The molecule has 10 heteroatoms. The molecule has 168 valence electrons. The van der Waals surface area contributed by atoms with Gasteiger partial charge in [-0.2, -0.15) is 14.5 Å². The van der Waals surface area contributed by atoms with Crippen LogP contribution in [0.1, 0.15) is 51.5 Å². The largest absolute Gasteiger partial charge is 0.475 e. The van der Waals surface area contributed by atoms with Gasteiger partial charge in [0.15, 0.2) is 0 Å². The lowest BCUT2D eigenvalue weighted by Crippen LogP contribution is -2.37. The first-order valence-electron chi connectivity index (χ1n) is 10.9. The van der Waals surface area contributed by atoms with E-state index in [-0.39, 0.29) is 23.8 Å². The summed E-state index contributed by atoms with van der Waals surface area (Å²) in [5.74, 6) is -0.0689. The molecule has 2 fully saturated rings. The Hall–Kier alpha value is -2.75. The molecule has 1 amide bonds. The zero-order valence-electron chi connectivity index (χ0n) is 17.7. The Morgan fingerprint density at radius 1 is 1.23 bits per heavy atom. The zero-order valence-corrected chi connectivity index (χ0v) is 17.7. The summed E-state index contributed by atoms with van der Waals surface area (Å²) in [6, 6.07) is 0.542. The predicted octanol–water partition coefficient (Wildman–Crippen LogP) is 2.98. The molecular weight excluding hydrogens is 403 g/mol. The number of carbonyl (C=O) groups excluding carboxylic acids is 1. The van der Waals surface area contributed by atoms with Crippen LogP contribution in [-0.4, -0.2) is 51.5 Å². The second kappa shape index (κ2) is 10.0. The third kappa shape index (κ3) is 5.90. The highest BCUT2D eigenvalue weighted by Gasteiger charge is 2.23. The summed E-state index contributed by atoms with van der Waals surface area (Å²) in [7, 11) is 0. The van der Waals surface area contributed by atoms with Crippen molar-refractivity contribution in [3.63, 3.8) is 0 Å². The Balaban J connectivity index is 1.30. The number of hydrogen-bond donors (Lipinski definition) is 2. The van der Waals surface area contributed by atoms with Gasteiger partial charge in [0.05, 0.1) is 30.7 Å². The molecule has 2 aliphatic rings. The van der Waals surface area contributed by atoms with Gasteiger partial charge in [0.25, 0.3) is 5.88 Å². The van der Waals surface area contributed by atoms with E-state index in [0.29, 0.717) is 18.6 Å². The third-order valence-electron chi connectivity index (χ3n) is 5.84. The van der Waals surface area contributed by atoms with E-state index in [4.69, 9.17) is 9.47 Å². The van der Waals surface area contributed by atoms with Crippen molar-refractivity contribution >= 4 is 17.5 Å². The lowest BCUT2D eigenvalue weighted by molar-refractivity contribution is -0.119. The van der Waals surface area contributed by atoms with Crippen LogP contribution in [-0.2, 0) is 9.53 Å². The zero-order chi connectivity index (χ0) is 21.6. The Bertz CT molecular complexity index is 878. The van der Waals surface area contributed by atoms with E-state index in [1.807, 2.05) is 10.9 Å². The van der Waals surface area contributed by atoms with Gasteiger partial charge in [-0.1, -0.05) is 0 Å². The Labute approximate surface area is 180 Å². The number of amides is 1. The maximum atomic E-state index is 14.2. The molecule has 1 aliphatic carbocycles. The fourth-order valence-electron chi connectivity index (χ4n) is 4.15. The smallest absolute Gasteiger partial charge is 0.255 e. The van der Waals surface area contributed by atoms with E-state index in [1.165, 1.54) is 6.92 Å². The van der Waals surface area contributed by atoms with E-state index < -0.39 is 5.82 Å². The molecule has 4 rings (SSSR count). The van der Waals surface area contributed by atoms with Crippen molar-refractivity contribution in [1.29, 1.82) is 0 Å². The molecule has 1 saturated carbocycles. The van der Waals surface area contributed by atoms with E-state index >= 15 is 0 Å². The van der Waals surface area contributed by atoms with Gasteiger partial charge in [0.1, 0.15) is 0 Å². The minimum atomic E-state index is -0.588. The highest BCUT2D eigenvalue weighted by molar-refractivity contribution is 5.73. The van der Waals surface area contributed by atoms with Crippen molar-refractivity contribution in [2.45, 2.75) is 57.5 Å². The van der Waals surface area contributed by atoms with Gasteiger partial charge in [-0.05, 0) is 44.4 Å². The molecule has 0 radical (unpaired) electrons. The highest BCUT2D eigenvalue weighted by atomic mass is 19.1. The molecule has 0 unspecified atom stereocenters. The van der Waals surface area contributed by atoms with E-state index in [9.17, 15) is 9.18 Å². The first kappa shape index (κ1) is 21.5. The molecule has 3 heterocycles. The molecule has 31 heavy (non-hydrogen) atoms. The first-order valence-corrected chi connectivity index (χ1v) is 10.9. The molecule has 2 aromatic rings. The van der Waals surface area contributed by atoms with Gasteiger partial charge in [0, 0.05) is 32.4 Å². The van der Waals surface area contributed by atoms with Crippen LogP contribution >= 0.6 is 0 Å². The molecule has 1 saturated heterocycles. The monoisotopic (exact) mass is 432 g/mol. The van der Waals surface area contributed by atoms with E-state index in [0.717, 1.165) is 63.6 Å². The van der Waals surface area contributed by atoms with Crippen LogP contribution in [0, 0.1) is 11.7 Å². The summed E-state index contributed by atoms with van der Waals surface area (Å²) in [4.78, 5) is 19.4. The minimum absolute atomic E-state index is 0.00101. The number of ether oxygens (including phenoxy) is 2. The number of rotatable bonds is 7. The molecule has 1 aliphatic heterocycles. The minimum Gasteiger partial charge on any atom is -0.475 e. The molecule has 2 aromatic heterocycles. The van der Waals surface area contributed by atoms with Gasteiger partial charge in [-0.3, -0.25) is 9.48 Å². The number of nitrogens with zero attached hydrogens (tertiary/aromatic N) is 4. The Kier molecular flexibility index (Phi) is 6.96. The van der Waals surface area contributed by atoms with Crippen LogP contribution < -0.4 is 15.4 Å². The molecule has 0 aromatic carbocycles. The second-order valence-corrected chi connectivity index (χ2v) is 8.25. The highest BCUT2D eigenvalue weighted by Crippen LogP contribution is 2.26. The number of hydrogen-bond acceptors (Lipinski definition) is 7. The van der Waals surface area contributed by atoms with Gasteiger partial charge in [-0.15, -0.1) is 0 Å². The Morgan fingerprint density at radius 3 is 2.74 bits per heavy atom. The first-order chi connectivity index (χ1) is 15.1. The molecular formula is C21H29FN6O3. The average molecular weight is 433 g/mol. The quantitative estimate of drug-likeness (QED) is 0.693. The summed E-state index contributed by atoms with van der Waals surface area (Å²) in [6.45, 7) is 3.41. The molecule has 2 N–H and O–H groups in total. The van der Waals surface area contributed by atoms with Crippen molar-refractivity contribution in [3.8, 4) is 5.88 Å². The summed E-state index contributed by atoms with van der Waals surface area (Å²) >= 11 is 0. The fraction of sp³-hybridized carbons (Fsp3) is 0.619. The molecule has 9 nitrogen and oxygen atoms in total. The van der Waals surface area contributed by atoms with Crippen molar-refractivity contribution < 1.29 is 18.7 Å². The predicted molar refractivity (Wildman–Crippen MR) is 112 cm³/mol. The van der Waals surface area contributed by atoms with Crippen LogP contribution in [0.2, 0.25) is 0 Å². The number of anilines is 2. The SMILES string of the molecule is CC(=O)NC1CCC(COc2nc(Nc3cnn(C4CCOCC4)c3)ncc2F)CC1. The summed E-state index contributed by atoms with van der Waals surface area (Å²) in [5, 5.41) is 10.4. The molecule has 0 atom stereocenters. The van der Waals surface area contributed by atoms with Crippen LogP contribution in [0.4, 0.5) is 16.0 Å². The number of nitrogens with one attached hydrogen (secondary N) is 2. The van der Waals surface area contributed by atoms with Gasteiger partial charge < -0.3 is 20.1 Å². The fourth-order valence-corrected chi connectivity index (χ4v) is 4.15. The number of carbonyl (C=O) groups is 1. The van der Waals surface area contributed by atoms with Crippen LogP contribution in [0.25, 0.3) is 0 Å². The van der Waals surface area contributed by atoms with Crippen LogP contribution in [0.15, 0.2) is 18.6 Å². The maximum Gasteiger partial charge on any atom is 0.255 e. The second-order valence-electron chi connectivity index (χ2n) is 8.25. The standard InChI is InChI=1S/C21H29FN6O3/c1-14(29)25-16-4-2-15(3-5-16)13-31-20-19(22)11-23-21(27-20)26-17-10-24-28(12-17)18-6-8-30-9-7-18/h10-12,15-16,18H,2-9,13H2,1H3,(H,25,29)(H,23,26,27). The lowest BCUT2D eigenvalue weighted by atomic mass is 9.86. The van der Waals surface area contributed by atoms with Crippen molar-refractivity contribution in [1.82, 2.24) is 25.1 Å². The Morgan fingerprint density at radius 2 is 2.00 bits per heavy atom. The number of aromatic nitrogens is 4. The number of halogens is 1. The van der Waals surface area contributed by atoms with E-state index in [2.05, 4.69) is 25.7 Å². The molecule has 0 spiro atoms. The summed E-state index contributed by atoms with van der Waals surface area (Å²) < 4.78 is 27.2. The van der Waals surface area contributed by atoms with E-state index in [1.54, 1.807) is 6.20 Å². The van der Waals surface area contributed by atoms with Gasteiger partial charge in [0.2, 0.25) is 17.7 Å². The average Bonchev–Trinajstić information content (AvgIpc) is 3.24. The third-order valence-corrected chi connectivity index (χ3v) is 5.84. The topological polar surface area (TPSA) is 103 Å². The van der Waals surface area contributed by atoms with Crippen molar-refractivity contribution in [2.24, 2.45) is 5.92 Å². The normalized spacial score (nSPS) is 22.1. The van der Waals surface area contributed by atoms with Crippen LogP contribution in [0.3, 0.4) is 0 Å². The lowest BCUT2D eigenvalue weighted by Gasteiger charge is -2.28. The maximum absolute atomic E-state index is 14.2. The van der Waals surface area contributed by atoms with Crippen LogP contribution in [0.5, 0.6) is 5.88 Å². The molecule has 0 bridgehead atoms. The van der Waals surface area contributed by atoms with Gasteiger partial charge >= 0.3 is 0 Å². The van der Waals surface area contributed by atoms with Gasteiger partial charge in [-0.25, -0.2) is 4.98 Å². The van der Waals surface area contributed by atoms with Crippen molar-refractivity contribution in [2.75, 3.05) is 25.1 Å². The summed E-state index contributed by atoms with van der Waals surface area (Å²) in [6.07, 6.45) is 10.2.